The van der Waals surface area contributed by atoms with E-state index in [1.54, 1.807) is 24.3 Å². The molecule has 1 aromatic carbocycles. The number of carbonyl (C=O) groups is 1. The number of urea groups is 1. The number of anilines is 1. The maximum atomic E-state index is 12.8. The Kier molecular flexibility index (Phi) is 4.53. The first kappa shape index (κ1) is 16.4. The molecule has 1 N–H and O–H groups in total. The smallest absolute Gasteiger partial charge is 0.317 e. The number of rotatable bonds is 3. The molecular weight excluding hydrogens is 326 g/mol. The number of aryl methyl sites for hydroxylation is 1. The quantitative estimate of drug-likeness (QED) is 0.650. The third kappa shape index (κ3) is 2.99. The van der Waals surface area contributed by atoms with Crippen molar-refractivity contribution in [2.75, 3.05) is 11.9 Å². The van der Waals surface area contributed by atoms with Crippen molar-refractivity contribution in [2.45, 2.75) is 32.7 Å². The fraction of sp³-hybridized carbons (Fsp3) is 0.353. The van der Waals surface area contributed by atoms with Crippen LogP contribution in [-0.2, 0) is 0 Å². The Hall–Kier alpha value is -2.41. The summed E-state index contributed by atoms with van der Waals surface area (Å²) in [6, 6.07) is 7.07. The highest BCUT2D eigenvalue weighted by Crippen LogP contribution is 2.36. The van der Waals surface area contributed by atoms with Gasteiger partial charge in [0.25, 0.3) is 5.69 Å². The molecule has 1 saturated heterocycles. The highest BCUT2D eigenvalue weighted by atomic mass is 32.1. The third-order valence-electron chi connectivity index (χ3n) is 4.46. The van der Waals surface area contributed by atoms with E-state index >= 15 is 0 Å². The lowest BCUT2D eigenvalue weighted by atomic mass is 10.1. The second-order valence-electron chi connectivity index (χ2n) is 5.96. The lowest BCUT2D eigenvalue weighted by molar-refractivity contribution is -0.385. The van der Waals surface area contributed by atoms with Gasteiger partial charge in [-0.15, -0.1) is 11.3 Å². The summed E-state index contributed by atoms with van der Waals surface area (Å²) in [7, 11) is 0. The highest BCUT2D eigenvalue weighted by Gasteiger charge is 2.31. The Morgan fingerprint density at radius 3 is 2.83 bits per heavy atom. The second kappa shape index (κ2) is 6.60. The van der Waals surface area contributed by atoms with Gasteiger partial charge in [0, 0.05) is 17.5 Å². The molecule has 0 spiro atoms. The molecule has 2 amide bonds. The largest absolute Gasteiger partial charge is 0.322 e. The van der Waals surface area contributed by atoms with Crippen LogP contribution in [0.25, 0.3) is 0 Å². The topological polar surface area (TPSA) is 75.5 Å². The van der Waals surface area contributed by atoms with Crippen molar-refractivity contribution in [3.8, 4) is 0 Å². The van der Waals surface area contributed by atoms with E-state index in [1.165, 1.54) is 10.9 Å². The summed E-state index contributed by atoms with van der Waals surface area (Å²) in [4.78, 5) is 26.5. The number of thiophene rings is 1. The van der Waals surface area contributed by atoms with Crippen LogP contribution in [0, 0.1) is 24.0 Å². The lowest BCUT2D eigenvalue weighted by Crippen LogP contribution is -2.34. The summed E-state index contributed by atoms with van der Waals surface area (Å²) in [5.41, 5.74) is 1.86. The van der Waals surface area contributed by atoms with Crippen molar-refractivity contribution in [3.63, 3.8) is 0 Å². The molecule has 0 radical (unpaired) electrons. The predicted molar refractivity (Wildman–Crippen MR) is 94.6 cm³/mol. The minimum absolute atomic E-state index is 0.0205. The van der Waals surface area contributed by atoms with E-state index in [0.717, 1.165) is 18.4 Å². The standard InChI is InChI=1S/C17H19N3O3S/c1-11-7-8-13(20(22)23)12(2)16(11)18-17(21)19-9-3-5-14(19)15-6-4-10-24-15/h4,6-8,10,14H,3,5,9H2,1-2H3,(H,18,21)/t14-/m0/s1. The molecule has 126 valence electrons. The number of hydrogen-bond donors (Lipinski definition) is 1. The Morgan fingerprint density at radius 2 is 2.17 bits per heavy atom. The molecule has 24 heavy (non-hydrogen) atoms. The Balaban J connectivity index is 1.85. The molecule has 0 unspecified atom stereocenters. The first-order valence-corrected chi connectivity index (χ1v) is 8.72. The Morgan fingerprint density at radius 1 is 1.38 bits per heavy atom. The van der Waals surface area contributed by atoms with Gasteiger partial charge in [-0.05, 0) is 43.7 Å². The number of nitrogens with one attached hydrogen (secondary N) is 1. The molecule has 7 heteroatoms. The first-order chi connectivity index (χ1) is 11.5. The summed E-state index contributed by atoms with van der Waals surface area (Å²) in [5, 5.41) is 16.0. The van der Waals surface area contributed by atoms with Crippen LogP contribution in [0.15, 0.2) is 29.6 Å². The number of nitro benzene ring substituents is 1. The zero-order valence-electron chi connectivity index (χ0n) is 13.6. The van der Waals surface area contributed by atoms with Gasteiger partial charge in [-0.1, -0.05) is 12.1 Å². The van der Waals surface area contributed by atoms with E-state index in [-0.39, 0.29) is 17.8 Å². The molecule has 1 fully saturated rings. The van der Waals surface area contributed by atoms with Gasteiger partial charge in [-0.25, -0.2) is 4.79 Å². The van der Waals surface area contributed by atoms with Crippen LogP contribution in [0.5, 0.6) is 0 Å². The van der Waals surface area contributed by atoms with Crippen LogP contribution in [0.2, 0.25) is 0 Å². The van der Waals surface area contributed by atoms with Crippen LogP contribution >= 0.6 is 11.3 Å². The number of benzene rings is 1. The average molecular weight is 345 g/mol. The maximum absolute atomic E-state index is 12.8. The lowest BCUT2D eigenvalue weighted by Gasteiger charge is -2.25. The van der Waals surface area contributed by atoms with Crippen LogP contribution < -0.4 is 5.32 Å². The molecule has 1 aliphatic heterocycles. The molecule has 0 saturated carbocycles. The number of nitrogens with zero attached hydrogens (tertiary/aromatic N) is 2. The predicted octanol–water partition coefficient (Wildman–Crippen LogP) is 4.64. The van der Waals surface area contributed by atoms with Gasteiger partial charge in [-0.3, -0.25) is 10.1 Å². The van der Waals surface area contributed by atoms with Crippen LogP contribution in [0.3, 0.4) is 0 Å². The normalized spacial score (nSPS) is 17.1. The van der Waals surface area contributed by atoms with E-state index in [1.807, 2.05) is 29.3 Å². The monoisotopic (exact) mass is 345 g/mol. The van der Waals surface area contributed by atoms with Gasteiger partial charge in [0.2, 0.25) is 0 Å². The number of hydrogen-bond acceptors (Lipinski definition) is 4. The molecule has 2 heterocycles. The van der Waals surface area contributed by atoms with E-state index in [0.29, 0.717) is 17.8 Å². The van der Waals surface area contributed by atoms with Crippen LogP contribution in [0.4, 0.5) is 16.2 Å². The number of amides is 2. The van der Waals surface area contributed by atoms with E-state index in [2.05, 4.69) is 5.32 Å². The fourth-order valence-electron chi connectivity index (χ4n) is 3.19. The summed E-state index contributed by atoms with van der Waals surface area (Å²) in [5.74, 6) is 0. The van der Waals surface area contributed by atoms with Gasteiger partial charge < -0.3 is 10.2 Å². The van der Waals surface area contributed by atoms with Crippen LogP contribution in [0.1, 0.15) is 34.9 Å². The van der Waals surface area contributed by atoms with Gasteiger partial charge in [-0.2, -0.15) is 0 Å². The third-order valence-corrected chi connectivity index (χ3v) is 5.43. The minimum atomic E-state index is -0.422. The summed E-state index contributed by atoms with van der Waals surface area (Å²) in [6.45, 7) is 4.20. The summed E-state index contributed by atoms with van der Waals surface area (Å²) in [6.07, 6.45) is 1.91. The number of nitro groups is 1. The molecular formula is C17H19N3O3S. The summed E-state index contributed by atoms with van der Waals surface area (Å²) < 4.78 is 0. The second-order valence-corrected chi connectivity index (χ2v) is 6.93. The number of carbonyl (C=O) groups excluding carboxylic acids is 1. The Labute approximate surface area is 144 Å². The molecule has 2 aromatic rings. The summed E-state index contributed by atoms with van der Waals surface area (Å²) >= 11 is 1.65. The highest BCUT2D eigenvalue weighted by molar-refractivity contribution is 7.10. The van der Waals surface area contributed by atoms with Gasteiger partial charge in [0.15, 0.2) is 0 Å². The van der Waals surface area contributed by atoms with Gasteiger partial charge in [0.1, 0.15) is 0 Å². The molecule has 3 rings (SSSR count). The van der Waals surface area contributed by atoms with Crippen molar-refractivity contribution in [1.82, 2.24) is 4.90 Å². The van der Waals surface area contributed by atoms with Crippen molar-refractivity contribution < 1.29 is 9.72 Å². The average Bonchev–Trinajstić information content (AvgIpc) is 3.20. The molecule has 1 atom stereocenters. The number of likely N-dealkylation sites (tertiary alicyclic amines) is 1. The van der Waals surface area contributed by atoms with Crippen molar-refractivity contribution >= 4 is 28.7 Å². The van der Waals surface area contributed by atoms with Crippen LogP contribution in [-0.4, -0.2) is 22.4 Å². The molecule has 0 bridgehead atoms. The zero-order valence-corrected chi connectivity index (χ0v) is 14.4. The van der Waals surface area contributed by atoms with E-state index in [9.17, 15) is 14.9 Å². The maximum Gasteiger partial charge on any atom is 0.322 e. The molecule has 6 nitrogen and oxygen atoms in total. The first-order valence-electron chi connectivity index (χ1n) is 7.84. The van der Waals surface area contributed by atoms with Crippen molar-refractivity contribution in [2.24, 2.45) is 0 Å². The van der Waals surface area contributed by atoms with Gasteiger partial charge in [0.05, 0.1) is 22.2 Å². The van der Waals surface area contributed by atoms with E-state index in [4.69, 9.17) is 0 Å². The molecule has 1 aromatic heterocycles. The minimum Gasteiger partial charge on any atom is -0.317 e. The van der Waals surface area contributed by atoms with Crippen molar-refractivity contribution in [3.05, 3.63) is 55.8 Å². The molecule has 0 aliphatic carbocycles. The fourth-order valence-corrected chi connectivity index (χ4v) is 4.06. The Bertz CT molecular complexity index is 774. The van der Waals surface area contributed by atoms with Crippen molar-refractivity contribution in [1.29, 1.82) is 0 Å². The van der Waals surface area contributed by atoms with E-state index < -0.39 is 4.92 Å². The zero-order chi connectivity index (χ0) is 17.3. The SMILES string of the molecule is Cc1ccc([N+](=O)[O-])c(C)c1NC(=O)N1CCC[C@H]1c1cccs1. The molecule has 1 aliphatic rings. The van der Waals surface area contributed by atoms with Gasteiger partial charge >= 0.3 is 6.03 Å².